The average molecular weight is 466 g/mol. The SMILES string of the molecule is CCOC(=O)c1cc(S(=O)(=O)N2CCCC2C(=O)Nc2cc(OC)cc(OC)c2)cn1C. The number of nitrogens with one attached hydrogen (secondary N) is 1. The fourth-order valence-corrected chi connectivity index (χ4v) is 5.34. The van der Waals surface area contributed by atoms with E-state index in [0.29, 0.717) is 30.0 Å². The lowest BCUT2D eigenvalue weighted by Gasteiger charge is -2.23. The molecule has 1 aliphatic heterocycles. The predicted octanol–water partition coefficient (Wildman–Crippen LogP) is 2.01. The van der Waals surface area contributed by atoms with Crippen LogP contribution < -0.4 is 14.8 Å². The Hall–Kier alpha value is -3.05. The number of amides is 1. The predicted molar refractivity (Wildman–Crippen MR) is 116 cm³/mol. The third-order valence-corrected chi connectivity index (χ3v) is 7.07. The van der Waals surface area contributed by atoms with Gasteiger partial charge in [0.15, 0.2) is 0 Å². The van der Waals surface area contributed by atoms with Gasteiger partial charge in [-0.2, -0.15) is 4.31 Å². The van der Waals surface area contributed by atoms with E-state index in [1.54, 1.807) is 32.2 Å². The number of esters is 1. The number of rotatable bonds is 8. The summed E-state index contributed by atoms with van der Waals surface area (Å²) in [5, 5.41) is 2.75. The van der Waals surface area contributed by atoms with Crippen LogP contribution in [0.15, 0.2) is 35.4 Å². The summed E-state index contributed by atoms with van der Waals surface area (Å²) in [6.07, 6.45) is 2.27. The number of anilines is 1. The van der Waals surface area contributed by atoms with Gasteiger partial charge in [0, 0.05) is 43.7 Å². The maximum absolute atomic E-state index is 13.3. The summed E-state index contributed by atoms with van der Waals surface area (Å²) in [5.74, 6) is -0.0836. The zero-order chi connectivity index (χ0) is 23.5. The van der Waals surface area contributed by atoms with Crippen molar-refractivity contribution < 1.29 is 32.2 Å². The molecule has 2 heterocycles. The van der Waals surface area contributed by atoms with Gasteiger partial charge in [0.05, 0.1) is 20.8 Å². The van der Waals surface area contributed by atoms with Crippen LogP contribution in [0.4, 0.5) is 5.69 Å². The molecule has 32 heavy (non-hydrogen) atoms. The normalized spacial score (nSPS) is 16.6. The summed E-state index contributed by atoms with van der Waals surface area (Å²) in [5.41, 5.74) is 0.550. The van der Waals surface area contributed by atoms with Crippen LogP contribution in [0.1, 0.15) is 30.3 Å². The number of hydrogen-bond donors (Lipinski definition) is 1. The molecule has 1 amide bonds. The molecule has 3 rings (SSSR count). The van der Waals surface area contributed by atoms with Crippen molar-refractivity contribution in [2.75, 3.05) is 32.7 Å². The molecule has 1 aromatic carbocycles. The average Bonchev–Trinajstić information content (AvgIpc) is 3.41. The summed E-state index contributed by atoms with van der Waals surface area (Å²) >= 11 is 0. The third kappa shape index (κ3) is 4.73. The van der Waals surface area contributed by atoms with Gasteiger partial charge < -0.3 is 24.1 Å². The second-order valence-electron chi connectivity index (χ2n) is 7.26. The molecule has 0 radical (unpaired) electrons. The molecule has 0 bridgehead atoms. The van der Waals surface area contributed by atoms with Gasteiger partial charge in [-0.1, -0.05) is 0 Å². The van der Waals surface area contributed by atoms with E-state index < -0.39 is 27.9 Å². The first-order chi connectivity index (χ1) is 15.2. The lowest BCUT2D eigenvalue weighted by Crippen LogP contribution is -2.43. The van der Waals surface area contributed by atoms with E-state index in [9.17, 15) is 18.0 Å². The Bertz CT molecular complexity index is 1090. The van der Waals surface area contributed by atoms with Crippen molar-refractivity contribution in [3.8, 4) is 11.5 Å². The van der Waals surface area contributed by atoms with Crippen LogP contribution in [0.25, 0.3) is 0 Å². The molecule has 0 spiro atoms. The van der Waals surface area contributed by atoms with Crippen molar-refractivity contribution in [3.63, 3.8) is 0 Å². The van der Waals surface area contributed by atoms with Gasteiger partial charge in [0.1, 0.15) is 28.1 Å². The summed E-state index contributed by atoms with van der Waals surface area (Å²) in [6.45, 7) is 2.05. The minimum absolute atomic E-state index is 0.0641. The number of carbonyl (C=O) groups is 2. The molecule has 10 nitrogen and oxygen atoms in total. The lowest BCUT2D eigenvalue weighted by atomic mass is 10.2. The summed E-state index contributed by atoms with van der Waals surface area (Å²) in [7, 11) is 0.551. The van der Waals surface area contributed by atoms with Crippen LogP contribution in [0.2, 0.25) is 0 Å². The molecular formula is C21H27N3O7S. The first-order valence-corrected chi connectivity index (χ1v) is 11.5. The molecule has 174 valence electrons. The Morgan fingerprint density at radius 1 is 1.12 bits per heavy atom. The standard InChI is InChI=1S/C21H27N3O7S/c1-5-31-21(26)19-12-17(13-23(19)2)32(27,28)24-8-6-7-18(24)20(25)22-14-9-15(29-3)11-16(10-14)30-4/h9-13,18H,5-8H2,1-4H3,(H,22,25). The van der Waals surface area contributed by atoms with E-state index in [-0.39, 0.29) is 23.7 Å². The van der Waals surface area contributed by atoms with Gasteiger partial charge in [-0.05, 0) is 25.8 Å². The largest absolute Gasteiger partial charge is 0.497 e. The molecule has 1 aromatic heterocycles. The topological polar surface area (TPSA) is 116 Å². The van der Waals surface area contributed by atoms with Crippen molar-refractivity contribution >= 4 is 27.6 Å². The highest BCUT2D eigenvalue weighted by Gasteiger charge is 2.40. The molecule has 1 atom stereocenters. The fraction of sp³-hybridized carbons (Fsp3) is 0.429. The number of nitrogens with zero attached hydrogens (tertiary/aromatic N) is 2. The number of sulfonamides is 1. The molecule has 1 saturated heterocycles. The van der Waals surface area contributed by atoms with E-state index >= 15 is 0 Å². The smallest absolute Gasteiger partial charge is 0.354 e. The van der Waals surface area contributed by atoms with E-state index in [0.717, 1.165) is 0 Å². The van der Waals surface area contributed by atoms with Gasteiger partial charge in [-0.15, -0.1) is 0 Å². The Labute approximate surface area is 187 Å². The Morgan fingerprint density at radius 2 is 1.78 bits per heavy atom. The van der Waals surface area contributed by atoms with Crippen molar-refractivity contribution in [1.29, 1.82) is 0 Å². The van der Waals surface area contributed by atoms with Crippen LogP contribution >= 0.6 is 0 Å². The molecule has 0 aliphatic carbocycles. The van der Waals surface area contributed by atoms with E-state index in [2.05, 4.69) is 5.32 Å². The number of aromatic nitrogens is 1. The van der Waals surface area contributed by atoms with Crippen LogP contribution in [0.5, 0.6) is 11.5 Å². The number of carbonyl (C=O) groups excluding carboxylic acids is 2. The van der Waals surface area contributed by atoms with E-state index in [4.69, 9.17) is 14.2 Å². The van der Waals surface area contributed by atoms with Gasteiger partial charge in [0.2, 0.25) is 15.9 Å². The second-order valence-corrected chi connectivity index (χ2v) is 9.15. The molecule has 1 unspecified atom stereocenters. The van der Waals surface area contributed by atoms with Gasteiger partial charge in [0.25, 0.3) is 0 Å². The molecule has 1 N–H and O–H groups in total. The zero-order valence-corrected chi connectivity index (χ0v) is 19.3. The van der Waals surface area contributed by atoms with Crippen LogP contribution in [-0.4, -0.2) is 62.6 Å². The van der Waals surface area contributed by atoms with Crippen LogP contribution in [0.3, 0.4) is 0 Å². The minimum Gasteiger partial charge on any atom is -0.497 e. The molecule has 1 fully saturated rings. The Morgan fingerprint density at radius 3 is 2.38 bits per heavy atom. The van der Waals surface area contributed by atoms with Crippen molar-refractivity contribution in [2.45, 2.75) is 30.7 Å². The van der Waals surface area contributed by atoms with Crippen molar-refractivity contribution in [3.05, 3.63) is 36.2 Å². The highest BCUT2D eigenvalue weighted by Crippen LogP contribution is 2.30. The second kappa shape index (κ2) is 9.61. The van der Waals surface area contributed by atoms with Gasteiger partial charge in [-0.25, -0.2) is 13.2 Å². The Kier molecular flexibility index (Phi) is 7.09. The maximum Gasteiger partial charge on any atom is 0.354 e. The molecule has 0 saturated carbocycles. The fourth-order valence-electron chi connectivity index (χ4n) is 3.61. The molecule has 11 heteroatoms. The maximum atomic E-state index is 13.3. The van der Waals surface area contributed by atoms with Gasteiger partial charge >= 0.3 is 5.97 Å². The number of methoxy groups -OCH3 is 2. The summed E-state index contributed by atoms with van der Waals surface area (Å²) in [6, 6.07) is 5.29. The third-order valence-electron chi connectivity index (χ3n) is 5.20. The summed E-state index contributed by atoms with van der Waals surface area (Å²) < 4.78 is 44.5. The quantitative estimate of drug-likeness (QED) is 0.593. The van der Waals surface area contributed by atoms with Crippen molar-refractivity contribution in [2.24, 2.45) is 7.05 Å². The van der Waals surface area contributed by atoms with E-state index in [1.165, 1.54) is 35.4 Å². The highest BCUT2D eigenvalue weighted by atomic mass is 32.2. The Balaban J connectivity index is 1.84. The number of ether oxygens (including phenoxy) is 3. The van der Waals surface area contributed by atoms with E-state index in [1.807, 2.05) is 0 Å². The van der Waals surface area contributed by atoms with Gasteiger partial charge in [-0.3, -0.25) is 4.79 Å². The molecular weight excluding hydrogens is 438 g/mol. The zero-order valence-electron chi connectivity index (χ0n) is 18.5. The van der Waals surface area contributed by atoms with Crippen LogP contribution in [0, 0.1) is 0 Å². The highest BCUT2D eigenvalue weighted by molar-refractivity contribution is 7.89. The molecule has 1 aliphatic rings. The monoisotopic (exact) mass is 465 g/mol. The first kappa shape index (κ1) is 23.6. The lowest BCUT2D eigenvalue weighted by molar-refractivity contribution is -0.119. The molecule has 2 aromatic rings. The van der Waals surface area contributed by atoms with Crippen molar-refractivity contribution in [1.82, 2.24) is 8.87 Å². The number of aryl methyl sites for hydroxylation is 1. The first-order valence-electron chi connectivity index (χ1n) is 10.1. The summed E-state index contributed by atoms with van der Waals surface area (Å²) in [4.78, 5) is 25.0. The minimum atomic E-state index is -4.01. The van der Waals surface area contributed by atoms with Crippen LogP contribution in [-0.2, 0) is 26.6 Å². The number of benzene rings is 1. The number of hydrogen-bond acceptors (Lipinski definition) is 7.